The van der Waals surface area contributed by atoms with Crippen LogP contribution in [-0.2, 0) is 16.0 Å². The molecule has 0 saturated carbocycles. The molecule has 0 aromatic carbocycles. The van der Waals surface area contributed by atoms with Gasteiger partial charge in [0.2, 0.25) is 0 Å². The number of carbonyl (C=O) groups is 1. The van der Waals surface area contributed by atoms with E-state index in [1.54, 1.807) is 29.5 Å². The molecule has 0 aliphatic heterocycles. The first-order valence-corrected chi connectivity index (χ1v) is 6.24. The Labute approximate surface area is 117 Å². The van der Waals surface area contributed by atoms with Gasteiger partial charge in [0.05, 0.1) is 31.9 Å². The second-order valence-electron chi connectivity index (χ2n) is 3.29. The fraction of sp³-hybridized carbons (Fsp3) is 0.455. The first-order valence-electron chi connectivity index (χ1n) is 5.16. The number of esters is 1. The highest BCUT2D eigenvalue weighted by Gasteiger charge is 2.23. The van der Waals surface area contributed by atoms with Crippen LogP contribution in [0, 0.1) is 3.70 Å². The van der Waals surface area contributed by atoms with Crippen LogP contribution in [0.1, 0.15) is 24.5 Å². The average Bonchev–Trinajstić information content (AvgIpc) is 2.29. The molecule has 1 aromatic heterocycles. The van der Waals surface area contributed by atoms with Gasteiger partial charge in [0.15, 0.2) is 0 Å². The minimum atomic E-state index is -2.72. The lowest BCUT2D eigenvalue weighted by Crippen LogP contribution is -2.12. The highest BCUT2D eigenvalue weighted by Crippen LogP contribution is 2.32. The third kappa shape index (κ3) is 3.50. The van der Waals surface area contributed by atoms with Crippen LogP contribution in [0.4, 0.5) is 8.78 Å². The van der Waals surface area contributed by atoms with Crippen LogP contribution in [0.5, 0.6) is 5.75 Å². The summed E-state index contributed by atoms with van der Waals surface area (Å²) in [7, 11) is 1.34. The summed E-state index contributed by atoms with van der Waals surface area (Å²) in [6, 6.07) is 0. The maximum absolute atomic E-state index is 13.0. The van der Waals surface area contributed by atoms with E-state index >= 15 is 0 Å². The highest BCUT2D eigenvalue weighted by molar-refractivity contribution is 14.1. The van der Waals surface area contributed by atoms with Gasteiger partial charge >= 0.3 is 5.97 Å². The summed E-state index contributed by atoms with van der Waals surface area (Å²) >= 11 is 1.70. The summed E-state index contributed by atoms with van der Waals surface area (Å²) in [5.74, 6) is -0.404. The molecular weight excluding hydrogens is 359 g/mol. The van der Waals surface area contributed by atoms with Crippen LogP contribution in [0.25, 0.3) is 0 Å². The van der Waals surface area contributed by atoms with E-state index in [1.165, 1.54) is 13.3 Å². The number of halogens is 3. The Morgan fingerprint density at radius 3 is 2.72 bits per heavy atom. The van der Waals surface area contributed by atoms with E-state index in [-0.39, 0.29) is 33.6 Å². The standard InChI is InChI=1S/C11H12F2INO3/c1-3-18-8(16)4-6-7(17-2)5-15-11(14)9(6)10(12)13/h5,10H,3-4H2,1-2H3. The zero-order valence-corrected chi connectivity index (χ0v) is 12.0. The second kappa shape index (κ2) is 6.81. The number of ether oxygens (including phenoxy) is 2. The SMILES string of the molecule is CCOC(=O)Cc1c(OC)cnc(I)c1C(F)F. The van der Waals surface area contributed by atoms with Gasteiger partial charge in [0.1, 0.15) is 9.45 Å². The van der Waals surface area contributed by atoms with Crippen molar-refractivity contribution in [3.05, 3.63) is 21.0 Å². The number of methoxy groups -OCH3 is 1. The third-order valence-corrected chi connectivity index (χ3v) is 3.06. The normalized spacial score (nSPS) is 10.6. The van der Waals surface area contributed by atoms with Crippen molar-refractivity contribution >= 4 is 28.6 Å². The smallest absolute Gasteiger partial charge is 0.310 e. The molecule has 100 valence electrons. The molecular formula is C11H12F2INO3. The van der Waals surface area contributed by atoms with E-state index < -0.39 is 12.4 Å². The average molecular weight is 371 g/mol. The van der Waals surface area contributed by atoms with Crippen LogP contribution in [0.2, 0.25) is 0 Å². The van der Waals surface area contributed by atoms with Gasteiger partial charge < -0.3 is 9.47 Å². The summed E-state index contributed by atoms with van der Waals surface area (Å²) in [6.45, 7) is 1.85. The van der Waals surface area contributed by atoms with E-state index in [9.17, 15) is 13.6 Å². The van der Waals surface area contributed by atoms with Gasteiger partial charge in [-0.2, -0.15) is 0 Å². The highest BCUT2D eigenvalue weighted by atomic mass is 127. The maximum atomic E-state index is 13.0. The summed E-state index contributed by atoms with van der Waals surface area (Å²) < 4.78 is 35.9. The molecule has 1 heterocycles. The summed E-state index contributed by atoms with van der Waals surface area (Å²) in [6.07, 6.45) is -1.65. The van der Waals surface area contributed by atoms with Crippen molar-refractivity contribution in [2.24, 2.45) is 0 Å². The molecule has 18 heavy (non-hydrogen) atoms. The van der Waals surface area contributed by atoms with Crippen molar-refractivity contribution in [2.75, 3.05) is 13.7 Å². The zero-order valence-electron chi connectivity index (χ0n) is 9.87. The van der Waals surface area contributed by atoms with Gasteiger partial charge in [-0.1, -0.05) is 0 Å². The molecule has 0 bridgehead atoms. The van der Waals surface area contributed by atoms with Gasteiger partial charge in [-0.25, -0.2) is 13.8 Å². The number of nitrogens with zero attached hydrogens (tertiary/aromatic N) is 1. The zero-order chi connectivity index (χ0) is 13.7. The van der Waals surface area contributed by atoms with Crippen LogP contribution in [0.15, 0.2) is 6.20 Å². The number of carbonyl (C=O) groups excluding carboxylic acids is 1. The van der Waals surface area contributed by atoms with E-state index in [4.69, 9.17) is 9.47 Å². The Bertz CT molecular complexity index is 441. The molecule has 0 spiro atoms. The van der Waals surface area contributed by atoms with E-state index in [0.717, 1.165) is 0 Å². The number of pyridine rings is 1. The van der Waals surface area contributed by atoms with Gasteiger partial charge in [0, 0.05) is 5.56 Å². The minimum absolute atomic E-state index is 0.130. The van der Waals surface area contributed by atoms with Gasteiger partial charge in [-0.05, 0) is 29.5 Å². The lowest BCUT2D eigenvalue weighted by Gasteiger charge is -2.13. The Kier molecular flexibility index (Phi) is 5.70. The number of aromatic nitrogens is 1. The lowest BCUT2D eigenvalue weighted by atomic mass is 10.1. The van der Waals surface area contributed by atoms with Crippen LogP contribution in [0.3, 0.4) is 0 Å². The van der Waals surface area contributed by atoms with Crippen LogP contribution >= 0.6 is 22.6 Å². The molecule has 0 aliphatic rings. The minimum Gasteiger partial charge on any atom is -0.495 e. The Balaban J connectivity index is 3.19. The lowest BCUT2D eigenvalue weighted by molar-refractivity contribution is -0.142. The fourth-order valence-electron chi connectivity index (χ4n) is 1.46. The molecule has 1 aromatic rings. The van der Waals surface area contributed by atoms with Crippen molar-refractivity contribution in [2.45, 2.75) is 19.8 Å². The molecule has 7 heteroatoms. The molecule has 0 amide bonds. The first-order chi connectivity index (χ1) is 8.51. The van der Waals surface area contributed by atoms with Crippen LogP contribution in [-0.4, -0.2) is 24.7 Å². The molecule has 0 fully saturated rings. The molecule has 0 aliphatic carbocycles. The van der Waals surface area contributed by atoms with Crippen molar-refractivity contribution < 1.29 is 23.0 Å². The van der Waals surface area contributed by atoms with Gasteiger partial charge in [0.25, 0.3) is 6.43 Å². The van der Waals surface area contributed by atoms with Gasteiger partial charge in [-0.3, -0.25) is 4.79 Å². The van der Waals surface area contributed by atoms with E-state index in [2.05, 4.69) is 4.98 Å². The number of alkyl halides is 2. The molecule has 0 radical (unpaired) electrons. The molecule has 4 nitrogen and oxygen atoms in total. The largest absolute Gasteiger partial charge is 0.495 e. The Morgan fingerprint density at radius 1 is 1.56 bits per heavy atom. The summed E-state index contributed by atoms with van der Waals surface area (Å²) in [5.41, 5.74) is -0.145. The number of hydrogen-bond donors (Lipinski definition) is 0. The molecule has 0 atom stereocenters. The Hall–Kier alpha value is -0.990. The monoisotopic (exact) mass is 371 g/mol. The van der Waals surface area contributed by atoms with Gasteiger partial charge in [-0.15, -0.1) is 0 Å². The van der Waals surface area contributed by atoms with Crippen molar-refractivity contribution in [3.8, 4) is 5.75 Å². The molecule has 0 saturated heterocycles. The topological polar surface area (TPSA) is 48.4 Å². The summed E-state index contributed by atoms with van der Waals surface area (Å²) in [5, 5.41) is 0. The number of hydrogen-bond acceptors (Lipinski definition) is 4. The molecule has 1 rings (SSSR count). The first kappa shape index (κ1) is 15.1. The second-order valence-corrected chi connectivity index (χ2v) is 4.31. The maximum Gasteiger partial charge on any atom is 0.310 e. The number of rotatable bonds is 5. The van der Waals surface area contributed by atoms with E-state index in [1.807, 2.05) is 0 Å². The van der Waals surface area contributed by atoms with Crippen molar-refractivity contribution in [1.29, 1.82) is 0 Å². The molecule has 0 unspecified atom stereocenters. The summed E-state index contributed by atoms with van der Waals surface area (Å²) in [4.78, 5) is 15.2. The molecule has 0 N–H and O–H groups in total. The predicted octanol–water partition coefficient (Wildman–Crippen LogP) is 2.74. The predicted molar refractivity (Wildman–Crippen MR) is 68.8 cm³/mol. The third-order valence-electron chi connectivity index (χ3n) is 2.20. The van der Waals surface area contributed by atoms with Crippen LogP contribution < -0.4 is 4.74 Å². The van der Waals surface area contributed by atoms with E-state index in [0.29, 0.717) is 0 Å². The quantitative estimate of drug-likeness (QED) is 0.454. The Morgan fingerprint density at radius 2 is 2.22 bits per heavy atom. The van der Waals surface area contributed by atoms with Crippen molar-refractivity contribution in [3.63, 3.8) is 0 Å². The van der Waals surface area contributed by atoms with Crippen molar-refractivity contribution in [1.82, 2.24) is 4.98 Å². The fourth-order valence-corrected chi connectivity index (χ4v) is 2.16.